The Bertz CT molecular complexity index is 332. The van der Waals surface area contributed by atoms with E-state index in [1.54, 1.807) is 12.1 Å². The molecule has 1 unspecified atom stereocenters. The lowest BCUT2D eigenvalue weighted by Gasteiger charge is -2.06. The first-order valence-electron chi connectivity index (χ1n) is 4.38. The van der Waals surface area contributed by atoms with Gasteiger partial charge in [-0.05, 0) is 12.0 Å². The molecule has 0 aliphatic rings. The van der Waals surface area contributed by atoms with Gasteiger partial charge in [0, 0.05) is 18.1 Å². The average Bonchev–Trinajstić information content (AvgIpc) is 2.20. The Morgan fingerprint density at radius 2 is 2.00 bits per heavy atom. The van der Waals surface area contributed by atoms with Crippen molar-refractivity contribution >= 4 is 12.0 Å². The summed E-state index contributed by atoms with van der Waals surface area (Å²) in [5.74, 6) is -0.157. The number of benzene rings is 1. The number of nitro benzene ring substituents is 1. The van der Waals surface area contributed by atoms with Crippen molar-refractivity contribution in [2.45, 2.75) is 19.3 Å². The molecule has 0 spiro atoms. The Kier molecular flexibility index (Phi) is 3.34. The van der Waals surface area contributed by atoms with Crippen LogP contribution in [-0.2, 0) is 4.79 Å². The molecular weight excluding hydrogens is 182 g/mol. The van der Waals surface area contributed by atoms with Crippen molar-refractivity contribution in [3.05, 3.63) is 39.9 Å². The van der Waals surface area contributed by atoms with Crippen molar-refractivity contribution in [3.63, 3.8) is 0 Å². The quantitative estimate of drug-likeness (QED) is 0.418. The van der Waals surface area contributed by atoms with Gasteiger partial charge in [0.25, 0.3) is 5.69 Å². The van der Waals surface area contributed by atoms with E-state index < -0.39 is 4.92 Å². The van der Waals surface area contributed by atoms with Crippen LogP contribution < -0.4 is 0 Å². The van der Waals surface area contributed by atoms with E-state index in [9.17, 15) is 14.9 Å². The molecular formula is C10H11NO3. The number of carbonyl (C=O) groups is 1. The monoisotopic (exact) mass is 193 g/mol. The summed E-state index contributed by atoms with van der Waals surface area (Å²) in [7, 11) is 0. The molecule has 0 radical (unpaired) electrons. The molecule has 0 amide bonds. The van der Waals surface area contributed by atoms with Crippen LogP contribution in [0.4, 0.5) is 5.69 Å². The van der Waals surface area contributed by atoms with Crippen LogP contribution in [0.25, 0.3) is 0 Å². The van der Waals surface area contributed by atoms with Crippen LogP contribution >= 0.6 is 0 Å². The Morgan fingerprint density at radius 1 is 1.43 bits per heavy atom. The van der Waals surface area contributed by atoms with Gasteiger partial charge >= 0.3 is 0 Å². The molecule has 1 aromatic carbocycles. The van der Waals surface area contributed by atoms with Crippen molar-refractivity contribution in [1.82, 2.24) is 0 Å². The Hall–Kier alpha value is -1.71. The number of non-ortho nitro benzene ring substituents is 1. The maximum Gasteiger partial charge on any atom is 0.269 e. The van der Waals surface area contributed by atoms with Gasteiger partial charge in [-0.25, -0.2) is 0 Å². The summed E-state index contributed by atoms with van der Waals surface area (Å²) in [6, 6.07) is 6.09. The van der Waals surface area contributed by atoms with Crippen molar-refractivity contribution < 1.29 is 9.72 Å². The van der Waals surface area contributed by atoms with Crippen LogP contribution in [0, 0.1) is 10.1 Å². The fraction of sp³-hybridized carbons (Fsp3) is 0.300. The Balaban J connectivity index is 2.92. The van der Waals surface area contributed by atoms with E-state index in [-0.39, 0.29) is 11.6 Å². The number of nitrogens with zero attached hydrogens (tertiary/aromatic N) is 1. The normalized spacial score (nSPS) is 12.1. The smallest absolute Gasteiger partial charge is 0.269 e. The van der Waals surface area contributed by atoms with Crippen LogP contribution in [0.1, 0.15) is 24.8 Å². The first-order chi connectivity index (χ1) is 6.69. The van der Waals surface area contributed by atoms with Crippen molar-refractivity contribution in [1.29, 1.82) is 0 Å². The number of rotatable bonds is 4. The lowest BCUT2D eigenvalue weighted by Crippen LogP contribution is -1.98. The van der Waals surface area contributed by atoms with Crippen molar-refractivity contribution in [3.8, 4) is 0 Å². The lowest BCUT2D eigenvalue weighted by atomic mass is 9.98. The second-order valence-corrected chi connectivity index (χ2v) is 3.00. The van der Waals surface area contributed by atoms with E-state index in [0.29, 0.717) is 6.42 Å². The van der Waals surface area contributed by atoms with E-state index >= 15 is 0 Å². The summed E-state index contributed by atoms with van der Waals surface area (Å²) >= 11 is 0. The topological polar surface area (TPSA) is 60.2 Å². The summed E-state index contributed by atoms with van der Waals surface area (Å²) in [5, 5.41) is 10.4. The summed E-state index contributed by atoms with van der Waals surface area (Å²) in [4.78, 5) is 20.5. The molecule has 0 fully saturated rings. The molecule has 0 saturated carbocycles. The number of hydrogen-bond donors (Lipinski definition) is 0. The van der Waals surface area contributed by atoms with E-state index in [2.05, 4.69) is 0 Å². The summed E-state index contributed by atoms with van der Waals surface area (Å²) in [6.45, 7) is 1.90. The van der Waals surface area contributed by atoms with E-state index in [0.717, 1.165) is 11.8 Å². The minimum absolute atomic E-state index is 0.0505. The molecule has 74 valence electrons. The van der Waals surface area contributed by atoms with E-state index in [1.807, 2.05) is 6.92 Å². The van der Waals surface area contributed by atoms with Gasteiger partial charge in [0.05, 0.1) is 4.92 Å². The Labute approximate surface area is 81.7 Å². The molecule has 1 aromatic rings. The molecule has 0 aliphatic carbocycles. The second kappa shape index (κ2) is 4.50. The second-order valence-electron chi connectivity index (χ2n) is 3.00. The molecule has 0 aromatic heterocycles. The van der Waals surface area contributed by atoms with Gasteiger partial charge in [-0.15, -0.1) is 0 Å². The molecule has 0 heterocycles. The highest BCUT2D eigenvalue weighted by Gasteiger charge is 2.10. The highest BCUT2D eigenvalue weighted by Crippen LogP contribution is 2.20. The third-order valence-corrected chi connectivity index (χ3v) is 2.14. The van der Waals surface area contributed by atoms with Gasteiger partial charge in [0.2, 0.25) is 0 Å². The zero-order chi connectivity index (χ0) is 10.6. The molecule has 4 heteroatoms. The van der Waals surface area contributed by atoms with Crippen molar-refractivity contribution in [2.75, 3.05) is 0 Å². The van der Waals surface area contributed by atoms with Crippen molar-refractivity contribution in [2.24, 2.45) is 0 Å². The van der Waals surface area contributed by atoms with Crippen LogP contribution in [0.2, 0.25) is 0 Å². The molecule has 0 saturated heterocycles. The number of carbonyl (C=O) groups excluding carboxylic acids is 1. The minimum Gasteiger partial charge on any atom is -0.303 e. The van der Waals surface area contributed by atoms with E-state index in [4.69, 9.17) is 0 Å². The maximum atomic E-state index is 10.6. The van der Waals surface area contributed by atoms with Gasteiger partial charge in [-0.2, -0.15) is 0 Å². The fourth-order valence-corrected chi connectivity index (χ4v) is 1.25. The molecule has 1 atom stereocenters. The third kappa shape index (κ3) is 2.16. The lowest BCUT2D eigenvalue weighted by molar-refractivity contribution is -0.384. The number of aldehydes is 1. The highest BCUT2D eigenvalue weighted by atomic mass is 16.6. The fourth-order valence-electron chi connectivity index (χ4n) is 1.25. The number of nitro groups is 1. The van der Waals surface area contributed by atoms with Gasteiger partial charge < -0.3 is 4.79 Å². The highest BCUT2D eigenvalue weighted by molar-refractivity contribution is 5.62. The Morgan fingerprint density at radius 3 is 2.36 bits per heavy atom. The molecule has 14 heavy (non-hydrogen) atoms. The molecule has 0 bridgehead atoms. The standard InChI is InChI=1S/C10H11NO3/c1-2-8(7-12)9-3-5-10(6-4-9)11(13)14/h3-8H,2H2,1H3. The van der Waals surface area contributed by atoms with Crippen LogP contribution in [0.3, 0.4) is 0 Å². The zero-order valence-corrected chi connectivity index (χ0v) is 7.84. The predicted octanol–water partition coefficient (Wildman–Crippen LogP) is 2.29. The van der Waals surface area contributed by atoms with Gasteiger partial charge in [-0.3, -0.25) is 10.1 Å². The first kappa shape index (κ1) is 10.4. The zero-order valence-electron chi connectivity index (χ0n) is 7.84. The first-order valence-corrected chi connectivity index (χ1v) is 4.38. The molecule has 0 aliphatic heterocycles. The SMILES string of the molecule is CCC(C=O)c1ccc([N+](=O)[O-])cc1. The number of hydrogen-bond acceptors (Lipinski definition) is 3. The van der Waals surface area contributed by atoms with Gasteiger partial charge in [-0.1, -0.05) is 19.1 Å². The maximum absolute atomic E-state index is 10.6. The summed E-state index contributed by atoms with van der Waals surface area (Å²) < 4.78 is 0. The predicted molar refractivity (Wildman–Crippen MR) is 52.2 cm³/mol. The molecule has 0 N–H and O–H groups in total. The minimum atomic E-state index is -0.453. The average molecular weight is 193 g/mol. The molecule has 4 nitrogen and oxygen atoms in total. The largest absolute Gasteiger partial charge is 0.303 e. The summed E-state index contributed by atoms with van der Waals surface area (Å²) in [6.07, 6.45) is 1.57. The summed E-state index contributed by atoms with van der Waals surface area (Å²) in [5.41, 5.74) is 0.877. The van der Waals surface area contributed by atoms with Crippen LogP contribution in [0.15, 0.2) is 24.3 Å². The van der Waals surface area contributed by atoms with Crippen LogP contribution in [0.5, 0.6) is 0 Å². The third-order valence-electron chi connectivity index (χ3n) is 2.14. The van der Waals surface area contributed by atoms with Gasteiger partial charge in [0.1, 0.15) is 6.29 Å². The van der Waals surface area contributed by atoms with E-state index in [1.165, 1.54) is 12.1 Å². The van der Waals surface area contributed by atoms with Gasteiger partial charge in [0.15, 0.2) is 0 Å². The molecule has 1 rings (SSSR count). The van der Waals surface area contributed by atoms with Crippen LogP contribution in [-0.4, -0.2) is 11.2 Å².